The van der Waals surface area contributed by atoms with E-state index in [4.69, 9.17) is 30.8 Å². The second-order valence-electron chi connectivity index (χ2n) is 7.45. The van der Waals surface area contributed by atoms with Gasteiger partial charge in [0.25, 0.3) is 0 Å². The van der Waals surface area contributed by atoms with E-state index in [-0.39, 0.29) is 35.5 Å². The summed E-state index contributed by atoms with van der Waals surface area (Å²) in [7, 11) is 1.70. The molecule has 2 saturated heterocycles. The smallest absolute Gasteiger partial charge is 0.191 e. The van der Waals surface area contributed by atoms with Crippen molar-refractivity contribution in [2.24, 2.45) is 4.99 Å². The van der Waals surface area contributed by atoms with Crippen LogP contribution in [0.25, 0.3) is 0 Å². The fraction of sp³-hybridized carbons (Fsp3) is 0.667. The van der Waals surface area contributed by atoms with Gasteiger partial charge in [-0.2, -0.15) is 0 Å². The summed E-state index contributed by atoms with van der Waals surface area (Å²) in [5.74, 6) is 1.68. The SMILES string of the molecule is CCNC(=NCC1(c2cc(Cl)ccc2OC)CCOCC1)NCC1CCCO1.I. The van der Waals surface area contributed by atoms with Crippen LogP contribution in [0.15, 0.2) is 23.2 Å². The second kappa shape index (κ2) is 12.2. The maximum Gasteiger partial charge on any atom is 0.191 e. The highest BCUT2D eigenvalue weighted by atomic mass is 127. The highest BCUT2D eigenvalue weighted by molar-refractivity contribution is 14.0. The molecule has 2 N–H and O–H groups in total. The molecule has 1 atom stereocenters. The van der Waals surface area contributed by atoms with Gasteiger partial charge in [-0.15, -0.1) is 24.0 Å². The number of halogens is 2. The van der Waals surface area contributed by atoms with Crippen LogP contribution in [0, 0.1) is 0 Å². The van der Waals surface area contributed by atoms with Crippen molar-refractivity contribution in [1.29, 1.82) is 0 Å². The molecule has 0 aromatic heterocycles. The fourth-order valence-electron chi connectivity index (χ4n) is 3.96. The van der Waals surface area contributed by atoms with Gasteiger partial charge in [-0.1, -0.05) is 11.6 Å². The molecule has 0 radical (unpaired) electrons. The van der Waals surface area contributed by atoms with Gasteiger partial charge in [0.15, 0.2) is 5.96 Å². The summed E-state index contributed by atoms with van der Waals surface area (Å²) in [6, 6.07) is 5.83. The Hall–Kier alpha value is -0.770. The van der Waals surface area contributed by atoms with Crippen molar-refractivity contribution in [1.82, 2.24) is 10.6 Å². The number of nitrogens with zero attached hydrogens (tertiary/aromatic N) is 1. The molecule has 2 heterocycles. The maximum atomic E-state index is 6.33. The van der Waals surface area contributed by atoms with Crippen LogP contribution in [0.3, 0.4) is 0 Å². The lowest BCUT2D eigenvalue weighted by atomic mass is 9.73. The third-order valence-electron chi connectivity index (χ3n) is 5.59. The molecule has 0 bridgehead atoms. The van der Waals surface area contributed by atoms with Crippen LogP contribution in [-0.2, 0) is 14.9 Å². The number of methoxy groups -OCH3 is 1. The third-order valence-corrected chi connectivity index (χ3v) is 5.82. The Balaban J connectivity index is 0.00000300. The van der Waals surface area contributed by atoms with Crippen LogP contribution in [0.2, 0.25) is 5.02 Å². The second-order valence-corrected chi connectivity index (χ2v) is 7.88. The van der Waals surface area contributed by atoms with Gasteiger partial charge in [0, 0.05) is 48.9 Å². The topological polar surface area (TPSA) is 64.1 Å². The summed E-state index contributed by atoms with van der Waals surface area (Å²) in [6.45, 7) is 6.60. The lowest BCUT2D eigenvalue weighted by molar-refractivity contribution is 0.0522. The van der Waals surface area contributed by atoms with Crippen LogP contribution >= 0.6 is 35.6 Å². The standard InChI is InChI=1S/C21H32ClN3O3.HI/c1-3-23-20(24-14-17-5-4-10-28-17)25-15-21(8-11-27-12-9-21)18-13-16(22)6-7-19(18)26-2;/h6-7,13,17H,3-5,8-12,14-15H2,1-2H3,(H2,23,24,25);1H. The van der Waals surface area contributed by atoms with Gasteiger partial charge in [0.2, 0.25) is 0 Å². The summed E-state index contributed by atoms with van der Waals surface area (Å²) in [5.41, 5.74) is 0.963. The van der Waals surface area contributed by atoms with Crippen molar-refractivity contribution >= 4 is 41.5 Å². The van der Waals surface area contributed by atoms with E-state index >= 15 is 0 Å². The van der Waals surface area contributed by atoms with E-state index in [1.165, 1.54) is 0 Å². The first-order valence-electron chi connectivity index (χ1n) is 10.2. The van der Waals surface area contributed by atoms with Crippen molar-refractivity contribution in [2.75, 3.05) is 46.6 Å². The molecule has 0 amide bonds. The molecule has 1 aromatic carbocycles. The summed E-state index contributed by atoms with van der Waals surface area (Å²) in [4.78, 5) is 4.94. The molecular formula is C21H33ClIN3O3. The number of rotatable bonds is 7. The zero-order valence-electron chi connectivity index (χ0n) is 17.3. The molecule has 1 aromatic rings. The first-order valence-corrected chi connectivity index (χ1v) is 10.6. The van der Waals surface area contributed by atoms with Gasteiger partial charge in [-0.05, 0) is 50.8 Å². The molecular weight excluding hydrogens is 505 g/mol. The maximum absolute atomic E-state index is 6.33. The fourth-order valence-corrected chi connectivity index (χ4v) is 4.13. The molecule has 2 aliphatic heterocycles. The van der Waals surface area contributed by atoms with Crippen LogP contribution in [-0.4, -0.2) is 58.6 Å². The number of benzene rings is 1. The number of hydrogen-bond acceptors (Lipinski definition) is 4. The highest BCUT2D eigenvalue weighted by Crippen LogP contribution is 2.41. The molecule has 1 unspecified atom stereocenters. The predicted octanol–water partition coefficient (Wildman–Crippen LogP) is 3.75. The molecule has 0 aliphatic carbocycles. The Labute approximate surface area is 196 Å². The van der Waals surface area contributed by atoms with E-state index in [0.717, 1.165) is 62.7 Å². The quantitative estimate of drug-likeness (QED) is 0.315. The molecule has 0 spiro atoms. The van der Waals surface area contributed by atoms with Crippen molar-refractivity contribution in [3.05, 3.63) is 28.8 Å². The summed E-state index contributed by atoms with van der Waals surface area (Å²) >= 11 is 6.33. The number of nitrogens with one attached hydrogen (secondary N) is 2. The van der Waals surface area contributed by atoms with Gasteiger partial charge < -0.3 is 24.8 Å². The molecule has 29 heavy (non-hydrogen) atoms. The minimum atomic E-state index is -0.152. The molecule has 3 rings (SSSR count). The van der Waals surface area contributed by atoms with E-state index < -0.39 is 0 Å². The van der Waals surface area contributed by atoms with Crippen LogP contribution in [0.1, 0.15) is 38.2 Å². The Morgan fingerprint density at radius 2 is 2.07 bits per heavy atom. The van der Waals surface area contributed by atoms with E-state index in [1.54, 1.807) is 7.11 Å². The van der Waals surface area contributed by atoms with Crippen LogP contribution in [0.4, 0.5) is 0 Å². The first kappa shape index (κ1) is 24.5. The van der Waals surface area contributed by atoms with E-state index in [2.05, 4.69) is 17.6 Å². The van der Waals surface area contributed by atoms with Gasteiger partial charge in [0.1, 0.15) is 5.75 Å². The van der Waals surface area contributed by atoms with E-state index in [9.17, 15) is 0 Å². The third kappa shape index (κ3) is 6.60. The minimum absolute atomic E-state index is 0. The van der Waals surface area contributed by atoms with Crippen LogP contribution in [0.5, 0.6) is 5.75 Å². The number of aliphatic imine (C=N–C) groups is 1. The summed E-state index contributed by atoms with van der Waals surface area (Å²) in [5, 5.41) is 7.50. The largest absolute Gasteiger partial charge is 0.496 e. The minimum Gasteiger partial charge on any atom is -0.496 e. The van der Waals surface area contributed by atoms with Gasteiger partial charge in [-0.3, -0.25) is 4.99 Å². The Morgan fingerprint density at radius 3 is 2.72 bits per heavy atom. The summed E-state index contributed by atoms with van der Waals surface area (Å²) < 4.78 is 17.0. The lowest BCUT2D eigenvalue weighted by Gasteiger charge is -2.37. The number of ether oxygens (including phenoxy) is 3. The van der Waals surface area contributed by atoms with Crippen molar-refractivity contribution in [2.45, 2.75) is 44.1 Å². The molecule has 8 heteroatoms. The normalized spacial score (nSPS) is 21.3. The van der Waals surface area contributed by atoms with Gasteiger partial charge >= 0.3 is 0 Å². The zero-order valence-corrected chi connectivity index (χ0v) is 20.4. The predicted molar refractivity (Wildman–Crippen MR) is 128 cm³/mol. The van der Waals surface area contributed by atoms with E-state index in [1.807, 2.05) is 18.2 Å². The van der Waals surface area contributed by atoms with E-state index in [0.29, 0.717) is 24.8 Å². The average molecular weight is 538 g/mol. The molecule has 0 saturated carbocycles. The number of guanidine groups is 1. The van der Waals surface area contributed by atoms with Crippen LogP contribution < -0.4 is 15.4 Å². The zero-order chi connectivity index (χ0) is 19.8. The van der Waals surface area contributed by atoms with Gasteiger partial charge in [0.05, 0.1) is 19.8 Å². The van der Waals surface area contributed by atoms with Crippen molar-refractivity contribution in [3.8, 4) is 5.75 Å². The molecule has 2 aliphatic rings. The monoisotopic (exact) mass is 537 g/mol. The average Bonchev–Trinajstić information content (AvgIpc) is 3.24. The lowest BCUT2D eigenvalue weighted by Crippen LogP contribution is -2.43. The highest BCUT2D eigenvalue weighted by Gasteiger charge is 2.37. The van der Waals surface area contributed by atoms with Crippen molar-refractivity contribution < 1.29 is 14.2 Å². The number of hydrogen-bond donors (Lipinski definition) is 2. The Morgan fingerprint density at radius 1 is 1.28 bits per heavy atom. The Bertz CT molecular complexity index is 663. The molecule has 6 nitrogen and oxygen atoms in total. The van der Waals surface area contributed by atoms with Crippen molar-refractivity contribution in [3.63, 3.8) is 0 Å². The Kier molecular flexibility index (Phi) is 10.3. The summed E-state index contributed by atoms with van der Waals surface area (Å²) in [6.07, 6.45) is 4.29. The first-order chi connectivity index (χ1) is 13.7. The molecule has 164 valence electrons. The van der Waals surface area contributed by atoms with Gasteiger partial charge in [-0.25, -0.2) is 0 Å². The molecule has 2 fully saturated rings.